The maximum absolute atomic E-state index is 12.2. The van der Waals surface area contributed by atoms with E-state index in [1.165, 1.54) is 19.3 Å². The molecule has 108 valence electrons. The van der Waals surface area contributed by atoms with Gasteiger partial charge in [-0.15, -0.1) is 0 Å². The van der Waals surface area contributed by atoms with Gasteiger partial charge < -0.3 is 10.2 Å². The fourth-order valence-electron chi connectivity index (χ4n) is 3.53. The van der Waals surface area contributed by atoms with E-state index < -0.39 is 0 Å². The third-order valence-electron chi connectivity index (χ3n) is 4.69. The SMILES string of the molecule is CCC1CCC(N2C(=O)CNC(=O)C2C(C)C)CC1. The third-order valence-corrected chi connectivity index (χ3v) is 4.69. The van der Waals surface area contributed by atoms with E-state index in [0.29, 0.717) is 0 Å². The second-order valence-electron chi connectivity index (χ2n) is 6.29. The van der Waals surface area contributed by atoms with Crippen molar-refractivity contribution < 1.29 is 9.59 Å². The van der Waals surface area contributed by atoms with Gasteiger partial charge in [0.1, 0.15) is 6.04 Å². The number of carbonyl (C=O) groups excluding carboxylic acids is 2. The van der Waals surface area contributed by atoms with Gasteiger partial charge in [-0.05, 0) is 37.5 Å². The Morgan fingerprint density at radius 1 is 1.21 bits per heavy atom. The minimum absolute atomic E-state index is 0.0206. The summed E-state index contributed by atoms with van der Waals surface area (Å²) in [5, 5.41) is 2.72. The molecule has 4 nitrogen and oxygen atoms in total. The maximum Gasteiger partial charge on any atom is 0.243 e. The van der Waals surface area contributed by atoms with E-state index in [1.807, 2.05) is 18.7 Å². The molecule has 0 aromatic carbocycles. The summed E-state index contributed by atoms with van der Waals surface area (Å²) < 4.78 is 0. The lowest BCUT2D eigenvalue weighted by Gasteiger charge is -2.44. The normalized spacial score (nSPS) is 32.6. The number of amides is 2. The Balaban J connectivity index is 2.10. The highest BCUT2D eigenvalue weighted by atomic mass is 16.2. The quantitative estimate of drug-likeness (QED) is 0.848. The predicted molar refractivity (Wildman–Crippen MR) is 74.5 cm³/mol. The van der Waals surface area contributed by atoms with Crippen LogP contribution < -0.4 is 5.32 Å². The van der Waals surface area contributed by atoms with Crippen molar-refractivity contribution in [3.05, 3.63) is 0 Å². The lowest BCUT2D eigenvalue weighted by Crippen LogP contribution is -2.63. The smallest absolute Gasteiger partial charge is 0.243 e. The van der Waals surface area contributed by atoms with Crippen LogP contribution in [0.1, 0.15) is 52.9 Å². The number of piperazine rings is 1. The summed E-state index contributed by atoms with van der Waals surface area (Å²) in [6.07, 6.45) is 5.73. The molecule has 1 saturated heterocycles. The van der Waals surface area contributed by atoms with Crippen molar-refractivity contribution in [2.75, 3.05) is 6.54 Å². The van der Waals surface area contributed by atoms with Crippen molar-refractivity contribution in [2.45, 2.75) is 65.0 Å². The fourth-order valence-corrected chi connectivity index (χ4v) is 3.53. The van der Waals surface area contributed by atoms with Crippen molar-refractivity contribution >= 4 is 11.8 Å². The highest BCUT2D eigenvalue weighted by molar-refractivity contribution is 5.95. The maximum atomic E-state index is 12.2. The molecule has 19 heavy (non-hydrogen) atoms. The highest BCUT2D eigenvalue weighted by Crippen LogP contribution is 2.32. The molecule has 2 amide bonds. The molecule has 2 rings (SSSR count). The molecule has 0 spiro atoms. The van der Waals surface area contributed by atoms with Crippen LogP contribution in [0.25, 0.3) is 0 Å². The molecular formula is C15H26N2O2. The Kier molecular flexibility index (Phi) is 4.48. The van der Waals surface area contributed by atoms with E-state index in [4.69, 9.17) is 0 Å². The molecule has 0 aromatic heterocycles. The van der Waals surface area contributed by atoms with E-state index in [2.05, 4.69) is 12.2 Å². The second-order valence-corrected chi connectivity index (χ2v) is 6.29. The van der Waals surface area contributed by atoms with Crippen LogP contribution in [0.15, 0.2) is 0 Å². The molecule has 1 aliphatic carbocycles. The Morgan fingerprint density at radius 3 is 2.37 bits per heavy atom. The summed E-state index contributed by atoms with van der Waals surface area (Å²) in [6, 6.07) is -0.00169. The van der Waals surface area contributed by atoms with Gasteiger partial charge in [0.15, 0.2) is 0 Å². The van der Waals surface area contributed by atoms with Crippen molar-refractivity contribution in [3.8, 4) is 0 Å². The Hall–Kier alpha value is -1.06. The van der Waals surface area contributed by atoms with Crippen LogP contribution in [0.4, 0.5) is 0 Å². The first-order valence-electron chi connectivity index (χ1n) is 7.63. The van der Waals surface area contributed by atoms with Crippen LogP contribution in [0.5, 0.6) is 0 Å². The molecule has 1 atom stereocenters. The lowest BCUT2D eigenvalue weighted by molar-refractivity contribution is -0.151. The topological polar surface area (TPSA) is 49.4 Å². The van der Waals surface area contributed by atoms with Crippen LogP contribution in [0, 0.1) is 11.8 Å². The van der Waals surface area contributed by atoms with Crippen LogP contribution >= 0.6 is 0 Å². The van der Waals surface area contributed by atoms with Crippen LogP contribution in [-0.4, -0.2) is 35.3 Å². The minimum atomic E-state index is -0.274. The van der Waals surface area contributed by atoms with E-state index in [-0.39, 0.29) is 36.4 Å². The molecular weight excluding hydrogens is 240 g/mol. The van der Waals surface area contributed by atoms with Gasteiger partial charge in [-0.3, -0.25) is 9.59 Å². The molecule has 2 aliphatic rings. The van der Waals surface area contributed by atoms with E-state index in [9.17, 15) is 9.59 Å². The standard InChI is InChI=1S/C15H26N2O2/c1-4-11-5-7-12(8-6-11)17-13(18)9-16-15(19)14(17)10(2)3/h10-12,14H,4-9H2,1-3H3,(H,16,19). The molecule has 1 N–H and O–H groups in total. The number of hydrogen-bond donors (Lipinski definition) is 1. The monoisotopic (exact) mass is 266 g/mol. The summed E-state index contributed by atoms with van der Waals surface area (Å²) in [5.74, 6) is 1.10. The predicted octanol–water partition coefficient (Wildman–Crippen LogP) is 1.94. The number of rotatable bonds is 3. The van der Waals surface area contributed by atoms with E-state index in [0.717, 1.165) is 18.8 Å². The molecule has 0 aromatic rings. The zero-order valence-corrected chi connectivity index (χ0v) is 12.3. The van der Waals surface area contributed by atoms with E-state index in [1.54, 1.807) is 0 Å². The van der Waals surface area contributed by atoms with Gasteiger partial charge in [-0.1, -0.05) is 27.2 Å². The van der Waals surface area contributed by atoms with Gasteiger partial charge >= 0.3 is 0 Å². The Morgan fingerprint density at radius 2 is 1.84 bits per heavy atom. The van der Waals surface area contributed by atoms with Crippen LogP contribution in [0.2, 0.25) is 0 Å². The number of nitrogens with one attached hydrogen (secondary N) is 1. The van der Waals surface area contributed by atoms with Gasteiger partial charge in [0, 0.05) is 6.04 Å². The van der Waals surface area contributed by atoms with Gasteiger partial charge in [-0.25, -0.2) is 0 Å². The molecule has 2 fully saturated rings. The number of nitrogens with zero attached hydrogens (tertiary/aromatic N) is 1. The summed E-state index contributed by atoms with van der Waals surface area (Å²) >= 11 is 0. The molecule has 1 unspecified atom stereocenters. The van der Waals surface area contributed by atoms with Gasteiger partial charge in [-0.2, -0.15) is 0 Å². The van der Waals surface area contributed by atoms with Crippen molar-refractivity contribution in [1.82, 2.24) is 10.2 Å². The third kappa shape index (κ3) is 2.93. The van der Waals surface area contributed by atoms with Crippen molar-refractivity contribution in [1.29, 1.82) is 0 Å². The second kappa shape index (κ2) is 5.93. The minimum Gasteiger partial charge on any atom is -0.345 e. The van der Waals surface area contributed by atoms with Gasteiger partial charge in [0.05, 0.1) is 6.54 Å². The summed E-state index contributed by atoms with van der Waals surface area (Å²) in [4.78, 5) is 26.2. The average Bonchev–Trinajstić information content (AvgIpc) is 2.41. The molecule has 1 heterocycles. The van der Waals surface area contributed by atoms with Crippen molar-refractivity contribution in [3.63, 3.8) is 0 Å². The average molecular weight is 266 g/mol. The highest BCUT2D eigenvalue weighted by Gasteiger charge is 2.41. The van der Waals surface area contributed by atoms with E-state index >= 15 is 0 Å². The van der Waals surface area contributed by atoms with Gasteiger partial charge in [0.2, 0.25) is 11.8 Å². The number of hydrogen-bond acceptors (Lipinski definition) is 2. The lowest BCUT2D eigenvalue weighted by atomic mass is 9.82. The molecule has 0 radical (unpaired) electrons. The van der Waals surface area contributed by atoms with Crippen LogP contribution in [-0.2, 0) is 9.59 Å². The van der Waals surface area contributed by atoms with Crippen molar-refractivity contribution in [2.24, 2.45) is 11.8 Å². The number of carbonyl (C=O) groups is 2. The zero-order valence-electron chi connectivity index (χ0n) is 12.3. The summed E-state index contributed by atoms with van der Waals surface area (Å²) in [6.45, 7) is 6.46. The first-order chi connectivity index (χ1) is 9.04. The molecule has 1 aliphatic heterocycles. The summed E-state index contributed by atoms with van der Waals surface area (Å²) in [7, 11) is 0. The summed E-state index contributed by atoms with van der Waals surface area (Å²) in [5.41, 5.74) is 0. The molecule has 1 saturated carbocycles. The van der Waals surface area contributed by atoms with Gasteiger partial charge in [0.25, 0.3) is 0 Å². The molecule has 0 bridgehead atoms. The Labute approximate surface area is 115 Å². The fraction of sp³-hybridized carbons (Fsp3) is 0.867. The Bertz CT molecular complexity index is 346. The molecule has 4 heteroatoms. The zero-order chi connectivity index (χ0) is 14.0. The largest absolute Gasteiger partial charge is 0.345 e. The first-order valence-corrected chi connectivity index (χ1v) is 7.63. The first kappa shape index (κ1) is 14.4. The van der Waals surface area contributed by atoms with Crippen LogP contribution in [0.3, 0.4) is 0 Å².